The maximum Gasteiger partial charge on any atom is 0.184 e. The molecule has 0 spiro atoms. The van der Waals surface area contributed by atoms with Gasteiger partial charge in [-0.05, 0) is 109 Å². The number of benzene rings is 1. The molecule has 0 amide bonds. The van der Waals surface area contributed by atoms with Crippen molar-refractivity contribution >= 4 is 23.1 Å². The van der Waals surface area contributed by atoms with Crippen molar-refractivity contribution in [3.8, 4) is 11.5 Å². The smallest absolute Gasteiger partial charge is 0.184 e. The molecule has 1 aromatic rings. The van der Waals surface area contributed by atoms with E-state index in [2.05, 4.69) is 19.2 Å². The number of carbonyl (C=O) groups excluding carboxylic acids is 3. The van der Waals surface area contributed by atoms with E-state index in [9.17, 15) is 30.0 Å². The van der Waals surface area contributed by atoms with E-state index in [0.717, 1.165) is 23.3 Å². The van der Waals surface area contributed by atoms with Gasteiger partial charge in [0.05, 0.1) is 11.5 Å². The monoisotopic (exact) mass is 618 g/mol. The van der Waals surface area contributed by atoms with Crippen molar-refractivity contribution in [3.63, 3.8) is 0 Å². The van der Waals surface area contributed by atoms with Crippen LogP contribution in [0.3, 0.4) is 0 Å². The number of hydrogen-bond donors (Lipinski definition) is 4. The summed E-state index contributed by atoms with van der Waals surface area (Å²) in [4.78, 5) is 45.0. The van der Waals surface area contributed by atoms with Crippen LogP contribution in [-0.2, 0) is 14.4 Å². The molecule has 0 aliphatic heterocycles. The number of hydrogen-bond acceptors (Lipinski definition) is 7. The first-order chi connectivity index (χ1) is 20.7. The van der Waals surface area contributed by atoms with Gasteiger partial charge in [-0.3, -0.25) is 14.4 Å². The standard InChI is InChI=1S/C38H50O7/c1-21(2)11-13-27-20-37(19-26(23(5)6)18-29(40)24(7)8)33(43)31(32(42)25-12-14-28(39)30(41)17-25)34(44)38(35(37)45,36(27,9)10)16-15-22(3)4/h11-12,14-15,17,26-27,29,39-42H,5,7,13,16,18-20H2,1-4,6,8-10H3/b32-31+/t26?,27-,29-,37-,38+/m1/s1. The Labute approximate surface area is 267 Å². The van der Waals surface area contributed by atoms with Gasteiger partial charge in [-0.2, -0.15) is 0 Å². The molecule has 2 fully saturated rings. The van der Waals surface area contributed by atoms with Crippen LogP contribution in [0.2, 0.25) is 0 Å². The Morgan fingerprint density at radius 1 is 0.933 bits per heavy atom. The fourth-order valence-corrected chi connectivity index (χ4v) is 7.18. The minimum Gasteiger partial charge on any atom is -0.506 e. The van der Waals surface area contributed by atoms with Crippen LogP contribution < -0.4 is 0 Å². The maximum atomic E-state index is 15.2. The number of rotatable bonds is 11. The number of aliphatic hydroxyl groups excluding tert-OH is 2. The number of phenolic OH excluding ortho intramolecular Hbond substituents is 2. The number of aliphatic hydroxyl groups is 2. The number of ketones is 3. The van der Waals surface area contributed by atoms with E-state index < -0.39 is 68.4 Å². The van der Waals surface area contributed by atoms with Crippen LogP contribution in [0.4, 0.5) is 0 Å². The van der Waals surface area contributed by atoms with E-state index in [1.165, 1.54) is 6.07 Å². The third-order valence-electron chi connectivity index (χ3n) is 10.3. The Bertz CT molecular complexity index is 1510. The van der Waals surface area contributed by atoms with E-state index >= 15 is 4.79 Å². The summed E-state index contributed by atoms with van der Waals surface area (Å²) in [6.45, 7) is 23.1. The van der Waals surface area contributed by atoms with E-state index in [-0.39, 0.29) is 37.2 Å². The van der Waals surface area contributed by atoms with Crippen molar-refractivity contribution in [1.29, 1.82) is 0 Å². The molecule has 244 valence electrons. The lowest BCUT2D eigenvalue weighted by atomic mass is 9.38. The highest BCUT2D eigenvalue weighted by molar-refractivity contribution is 6.41. The van der Waals surface area contributed by atoms with Crippen LogP contribution in [0.1, 0.15) is 93.1 Å². The first-order valence-electron chi connectivity index (χ1n) is 15.6. The number of fused-ring (bicyclic) bond motifs is 2. The molecule has 7 heteroatoms. The minimum absolute atomic E-state index is 0.00714. The summed E-state index contributed by atoms with van der Waals surface area (Å²) in [5, 5.41) is 42.6. The molecule has 3 rings (SSSR count). The molecular formula is C38H50O7. The molecule has 4 N–H and O–H groups in total. The SMILES string of the molecule is C=C(C)C(C[C@@H](O)C(=C)C)C[C@@]12C[C@@H](CC=C(C)C)C(C)(C)[C@@](CC=C(C)C)(C(=O)/C(=C(/O)c3ccc(O)c(O)c3)C1=O)C2=O. The van der Waals surface area contributed by atoms with Crippen molar-refractivity contribution in [2.75, 3.05) is 0 Å². The van der Waals surface area contributed by atoms with Gasteiger partial charge in [-0.15, -0.1) is 0 Å². The van der Waals surface area contributed by atoms with Gasteiger partial charge in [-0.1, -0.05) is 61.4 Å². The van der Waals surface area contributed by atoms with Gasteiger partial charge >= 0.3 is 0 Å². The second kappa shape index (κ2) is 13.0. The maximum absolute atomic E-state index is 15.2. The number of carbonyl (C=O) groups is 3. The third-order valence-corrected chi connectivity index (χ3v) is 10.3. The van der Waals surface area contributed by atoms with Crippen molar-refractivity contribution in [2.24, 2.45) is 28.1 Å². The molecule has 2 bridgehead atoms. The summed E-state index contributed by atoms with van der Waals surface area (Å²) in [5.74, 6) is -4.27. The molecule has 0 aromatic heterocycles. The topological polar surface area (TPSA) is 132 Å². The number of phenols is 2. The largest absolute Gasteiger partial charge is 0.506 e. The molecule has 1 aromatic carbocycles. The highest BCUT2D eigenvalue weighted by atomic mass is 16.3. The van der Waals surface area contributed by atoms with Crippen molar-refractivity contribution in [2.45, 2.75) is 93.6 Å². The Kier molecular flexibility index (Phi) is 10.3. The predicted molar refractivity (Wildman–Crippen MR) is 178 cm³/mol. The van der Waals surface area contributed by atoms with E-state index in [1.54, 1.807) is 13.8 Å². The fourth-order valence-electron chi connectivity index (χ4n) is 7.18. The zero-order valence-corrected chi connectivity index (χ0v) is 28.1. The third kappa shape index (κ3) is 6.24. The summed E-state index contributed by atoms with van der Waals surface area (Å²) >= 11 is 0. The Morgan fingerprint density at radius 2 is 1.53 bits per heavy atom. The first-order valence-corrected chi connectivity index (χ1v) is 15.6. The molecule has 5 atom stereocenters. The molecule has 0 heterocycles. The Hall–Kier alpha value is -3.71. The van der Waals surface area contributed by atoms with E-state index in [4.69, 9.17) is 0 Å². The molecular weight excluding hydrogens is 568 g/mol. The average Bonchev–Trinajstić information content (AvgIpc) is 2.93. The predicted octanol–water partition coefficient (Wildman–Crippen LogP) is 7.73. The number of Topliss-reactive ketones (excluding diaryl/α,β-unsaturated/α-hetero) is 3. The minimum atomic E-state index is -1.69. The van der Waals surface area contributed by atoms with Gasteiger partial charge < -0.3 is 20.4 Å². The van der Waals surface area contributed by atoms with Gasteiger partial charge in [0, 0.05) is 5.56 Å². The van der Waals surface area contributed by atoms with Gasteiger partial charge in [-0.25, -0.2) is 0 Å². The molecule has 2 aliphatic carbocycles. The lowest BCUT2D eigenvalue weighted by Crippen LogP contribution is -2.69. The van der Waals surface area contributed by atoms with Gasteiger partial charge in [0.2, 0.25) is 0 Å². The number of aromatic hydroxyl groups is 2. The average molecular weight is 619 g/mol. The Balaban J connectivity index is 2.46. The highest BCUT2D eigenvalue weighted by Crippen LogP contribution is 2.66. The molecule has 1 unspecified atom stereocenters. The van der Waals surface area contributed by atoms with Crippen molar-refractivity contribution < 1.29 is 34.8 Å². The van der Waals surface area contributed by atoms with Gasteiger partial charge in [0.15, 0.2) is 28.8 Å². The normalized spacial score (nSPS) is 26.5. The number of allylic oxidation sites excluding steroid dienone is 6. The van der Waals surface area contributed by atoms with Gasteiger partial charge in [0.25, 0.3) is 0 Å². The van der Waals surface area contributed by atoms with Gasteiger partial charge in [0.1, 0.15) is 16.7 Å². The molecule has 2 aliphatic rings. The summed E-state index contributed by atoms with van der Waals surface area (Å²) < 4.78 is 0. The lowest BCUT2D eigenvalue weighted by Gasteiger charge is -2.61. The molecule has 0 saturated heterocycles. The van der Waals surface area contributed by atoms with Crippen LogP contribution in [-0.4, -0.2) is 43.9 Å². The quantitative estimate of drug-likeness (QED) is 0.0498. The fraction of sp³-hybridized carbons (Fsp3) is 0.500. The van der Waals surface area contributed by atoms with Crippen molar-refractivity contribution in [3.05, 3.63) is 76.9 Å². The molecule has 2 saturated carbocycles. The molecule has 7 nitrogen and oxygen atoms in total. The van der Waals surface area contributed by atoms with E-state index in [1.807, 2.05) is 47.6 Å². The highest BCUT2D eigenvalue weighted by Gasteiger charge is 2.74. The second-order valence-electron chi connectivity index (χ2n) is 14.4. The molecule has 0 radical (unpaired) electrons. The van der Waals surface area contributed by atoms with Crippen LogP contribution in [0.15, 0.2) is 71.4 Å². The van der Waals surface area contributed by atoms with Crippen LogP contribution in [0.25, 0.3) is 5.76 Å². The molecule has 45 heavy (non-hydrogen) atoms. The van der Waals surface area contributed by atoms with Crippen LogP contribution in [0, 0.1) is 28.1 Å². The van der Waals surface area contributed by atoms with Crippen molar-refractivity contribution in [1.82, 2.24) is 0 Å². The zero-order valence-electron chi connectivity index (χ0n) is 28.1. The Morgan fingerprint density at radius 3 is 2.04 bits per heavy atom. The zero-order chi connectivity index (χ0) is 34.2. The van der Waals surface area contributed by atoms with E-state index in [0.29, 0.717) is 17.6 Å². The second-order valence-corrected chi connectivity index (χ2v) is 14.4. The summed E-state index contributed by atoms with van der Waals surface area (Å²) in [7, 11) is 0. The first kappa shape index (κ1) is 35.8. The summed E-state index contributed by atoms with van der Waals surface area (Å²) in [6.07, 6.45) is 3.98. The summed E-state index contributed by atoms with van der Waals surface area (Å²) in [5.41, 5.74) is -1.62. The van der Waals surface area contributed by atoms with Crippen LogP contribution in [0.5, 0.6) is 11.5 Å². The lowest BCUT2D eigenvalue weighted by molar-refractivity contribution is -0.177. The summed E-state index contributed by atoms with van der Waals surface area (Å²) in [6, 6.07) is 3.56. The van der Waals surface area contributed by atoms with Crippen LogP contribution >= 0.6 is 0 Å².